The molecule has 0 aliphatic heterocycles. The highest BCUT2D eigenvalue weighted by atomic mass is 16.5. The van der Waals surface area contributed by atoms with Crippen molar-refractivity contribution in [2.24, 2.45) is 5.73 Å². The number of hydrogen-bond acceptors (Lipinski definition) is 7. The van der Waals surface area contributed by atoms with E-state index in [0.29, 0.717) is 0 Å². The second-order valence-electron chi connectivity index (χ2n) is 7.15. The van der Waals surface area contributed by atoms with Crippen LogP contribution < -0.4 is 5.73 Å². The summed E-state index contributed by atoms with van der Waals surface area (Å²) in [5.74, 6) is -2.09. The van der Waals surface area contributed by atoms with Gasteiger partial charge in [-0.2, -0.15) is 0 Å². The molecule has 1 heterocycles. The van der Waals surface area contributed by atoms with E-state index in [-0.39, 0.29) is 42.5 Å². The van der Waals surface area contributed by atoms with Gasteiger partial charge in [-0.25, -0.2) is 9.59 Å². The lowest BCUT2D eigenvalue weighted by Gasteiger charge is -2.15. The minimum atomic E-state index is -0.846. The predicted octanol–water partition coefficient (Wildman–Crippen LogP) is 3.39. The van der Waals surface area contributed by atoms with Gasteiger partial charge in [-0.05, 0) is 18.1 Å². The first-order valence-electron chi connectivity index (χ1n) is 9.84. The maximum absolute atomic E-state index is 13.0. The van der Waals surface area contributed by atoms with Gasteiger partial charge in [-0.3, -0.25) is 4.98 Å². The van der Waals surface area contributed by atoms with E-state index in [4.69, 9.17) is 15.2 Å². The van der Waals surface area contributed by atoms with Crippen LogP contribution in [-0.4, -0.2) is 28.1 Å². The van der Waals surface area contributed by atoms with Gasteiger partial charge in [0.05, 0.1) is 17.5 Å². The molecule has 1 aromatic heterocycles. The standard InChI is InChI=1S/C24H24N2O5/c1-16(25)12-19-21(23(28)30-14-17-8-4-2-5-9-17)22(20(27)13-26-19)24(29)31-15-18-10-6-3-7-11-18/h2-11,13,16,27H,12,14-15,25H2,1H3. The Hall–Kier alpha value is -3.71. The summed E-state index contributed by atoms with van der Waals surface area (Å²) in [5, 5.41) is 10.3. The molecule has 0 fully saturated rings. The highest BCUT2D eigenvalue weighted by Gasteiger charge is 2.28. The Labute approximate surface area is 180 Å². The number of benzene rings is 2. The first-order chi connectivity index (χ1) is 15.0. The topological polar surface area (TPSA) is 112 Å². The summed E-state index contributed by atoms with van der Waals surface area (Å²) in [4.78, 5) is 29.9. The van der Waals surface area contributed by atoms with Crippen LogP contribution in [0.2, 0.25) is 0 Å². The van der Waals surface area contributed by atoms with E-state index in [1.54, 1.807) is 19.1 Å². The van der Waals surface area contributed by atoms with E-state index in [0.717, 1.165) is 17.3 Å². The van der Waals surface area contributed by atoms with Gasteiger partial charge in [0.25, 0.3) is 0 Å². The average molecular weight is 420 g/mol. The van der Waals surface area contributed by atoms with Crippen molar-refractivity contribution in [3.05, 3.63) is 94.8 Å². The molecule has 0 spiro atoms. The van der Waals surface area contributed by atoms with Crippen molar-refractivity contribution in [2.45, 2.75) is 32.6 Å². The molecule has 1 unspecified atom stereocenters. The minimum absolute atomic E-state index is 0.00541. The van der Waals surface area contributed by atoms with Crippen molar-refractivity contribution in [3.63, 3.8) is 0 Å². The quantitative estimate of drug-likeness (QED) is 0.537. The van der Waals surface area contributed by atoms with Crippen molar-refractivity contribution in [1.29, 1.82) is 0 Å². The van der Waals surface area contributed by atoms with E-state index in [2.05, 4.69) is 4.98 Å². The number of pyridine rings is 1. The monoisotopic (exact) mass is 420 g/mol. The number of aromatic nitrogens is 1. The van der Waals surface area contributed by atoms with E-state index in [1.807, 2.05) is 48.5 Å². The third kappa shape index (κ3) is 5.90. The molecule has 3 rings (SSSR count). The molecular weight excluding hydrogens is 396 g/mol. The van der Waals surface area contributed by atoms with Crippen LogP contribution in [0.5, 0.6) is 5.75 Å². The second-order valence-corrected chi connectivity index (χ2v) is 7.15. The fraction of sp³-hybridized carbons (Fsp3) is 0.208. The van der Waals surface area contributed by atoms with Crippen LogP contribution in [0.15, 0.2) is 66.9 Å². The number of carbonyl (C=O) groups is 2. The summed E-state index contributed by atoms with van der Waals surface area (Å²) < 4.78 is 10.7. The number of rotatable bonds is 8. The molecule has 1 atom stereocenters. The number of aromatic hydroxyl groups is 1. The van der Waals surface area contributed by atoms with Gasteiger partial charge in [0.2, 0.25) is 0 Å². The normalized spacial score (nSPS) is 11.5. The van der Waals surface area contributed by atoms with Gasteiger partial charge >= 0.3 is 11.9 Å². The molecule has 0 radical (unpaired) electrons. The Bertz CT molecular complexity index is 1040. The maximum Gasteiger partial charge on any atom is 0.343 e. The third-order valence-electron chi connectivity index (χ3n) is 4.49. The fourth-order valence-corrected chi connectivity index (χ4v) is 3.02. The largest absolute Gasteiger partial charge is 0.505 e. The number of carbonyl (C=O) groups excluding carboxylic acids is 2. The summed E-state index contributed by atoms with van der Waals surface area (Å²) in [6.45, 7) is 1.75. The van der Waals surface area contributed by atoms with E-state index >= 15 is 0 Å². The highest BCUT2D eigenvalue weighted by Crippen LogP contribution is 2.26. The maximum atomic E-state index is 13.0. The summed E-state index contributed by atoms with van der Waals surface area (Å²) in [6, 6.07) is 17.9. The van der Waals surface area contributed by atoms with E-state index in [9.17, 15) is 14.7 Å². The zero-order valence-electron chi connectivity index (χ0n) is 17.2. The SMILES string of the molecule is CC(N)Cc1ncc(O)c(C(=O)OCc2ccccc2)c1C(=O)OCc1ccccc1. The lowest BCUT2D eigenvalue weighted by molar-refractivity contribution is 0.0420. The first kappa shape index (κ1) is 22.0. The van der Waals surface area contributed by atoms with Gasteiger partial charge in [0.1, 0.15) is 24.5 Å². The van der Waals surface area contributed by atoms with Crippen LogP contribution in [0.3, 0.4) is 0 Å². The molecule has 0 aliphatic carbocycles. The summed E-state index contributed by atoms with van der Waals surface area (Å²) in [6.07, 6.45) is 1.33. The first-order valence-corrected chi connectivity index (χ1v) is 9.84. The lowest BCUT2D eigenvalue weighted by atomic mass is 10.0. The van der Waals surface area contributed by atoms with Crippen LogP contribution >= 0.6 is 0 Å². The molecular formula is C24H24N2O5. The van der Waals surface area contributed by atoms with Crippen molar-refractivity contribution in [2.75, 3.05) is 0 Å². The summed E-state index contributed by atoms with van der Waals surface area (Å²) in [5.41, 5.74) is 7.29. The van der Waals surface area contributed by atoms with Crippen LogP contribution in [0.1, 0.15) is 44.5 Å². The zero-order chi connectivity index (χ0) is 22.2. The van der Waals surface area contributed by atoms with Crippen LogP contribution in [0.4, 0.5) is 0 Å². The van der Waals surface area contributed by atoms with Crippen molar-refractivity contribution in [1.82, 2.24) is 4.98 Å². The molecule has 0 amide bonds. The Morgan fingerprint density at radius 2 is 1.39 bits per heavy atom. The molecule has 7 heteroatoms. The Morgan fingerprint density at radius 1 is 0.903 bits per heavy atom. The number of hydrogen-bond donors (Lipinski definition) is 2. The second kappa shape index (κ2) is 10.4. The molecule has 0 saturated heterocycles. The predicted molar refractivity (Wildman–Crippen MR) is 114 cm³/mol. The molecule has 0 saturated carbocycles. The molecule has 0 aliphatic rings. The van der Waals surface area contributed by atoms with Crippen molar-refractivity contribution in [3.8, 4) is 5.75 Å². The highest BCUT2D eigenvalue weighted by molar-refractivity contribution is 6.05. The van der Waals surface area contributed by atoms with Gasteiger partial charge in [-0.1, -0.05) is 60.7 Å². The smallest absolute Gasteiger partial charge is 0.343 e. The summed E-state index contributed by atoms with van der Waals surface area (Å²) in [7, 11) is 0. The molecule has 0 bridgehead atoms. The lowest BCUT2D eigenvalue weighted by Crippen LogP contribution is -2.23. The number of esters is 2. The Balaban J connectivity index is 1.89. The van der Waals surface area contributed by atoms with Gasteiger partial charge in [-0.15, -0.1) is 0 Å². The van der Waals surface area contributed by atoms with Gasteiger partial charge in [0, 0.05) is 12.5 Å². The van der Waals surface area contributed by atoms with Crippen molar-refractivity contribution >= 4 is 11.9 Å². The van der Waals surface area contributed by atoms with Crippen molar-refractivity contribution < 1.29 is 24.2 Å². The zero-order valence-corrected chi connectivity index (χ0v) is 17.2. The molecule has 2 aromatic carbocycles. The third-order valence-corrected chi connectivity index (χ3v) is 4.49. The van der Waals surface area contributed by atoms with E-state index in [1.165, 1.54) is 0 Å². The van der Waals surface area contributed by atoms with Gasteiger partial charge < -0.3 is 20.3 Å². The number of nitrogens with two attached hydrogens (primary N) is 1. The molecule has 160 valence electrons. The Kier molecular flexibility index (Phi) is 7.35. The fourth-order valence-electron chi connectivity index (χ4n) is 3.02. The van der Waals surface area contributed by atoms with Crippen LogP contribution in [0.25, 0.3) is 0 Å². The molecule has 3 aromatic rings. The molecule has 31 heavy (non-hydrogen) atoms. The molecule has 3 N–H and O–H groups in total. The number of nitrogens with zero attached hydrogens (tertiary/aromatic N) is 1. The average Bonchev–Trinajstić information content (AvgIpc) is 2.78. The van der Waals surface area contributed by atoms with Gasteiger partial charge in [0.15, 0.2) is 0 Å². The minimum Gasteiger partial charge on any atom is -0.505 e. The van der Waals surface area contributed by atoms with E-state index < -0.39 is 17.7 Å². The Morgan fingerprint density at radius 3 is 1.87 bits per heavy atom. The van der Waals surface area contributed by atoms with Crippen LogP contribution in [-0.2, 0) is 29.1 Å². The van der Waals surface area contributed by atoms with Crippen LogP contribution in [0, 0.1) is 0 Å². The molecule has 7 nitrogen and oxygen atoms in total. The summed E-state index contributed by atoms with van der Waals surface area (Å²) >= 11 is 0. The number of ether oxygens (including phenoxy) is 2.